The standard InChI is InChI=1S/C14H23N3OS/c1-3-16-14(18)11-6-7-13(12(15)10-11)17-8-4-5-9-19-2/h6-7,10,17H,3-5,8-9,15H2,1-2H3,(H,16,18). The third kappa shape index (κ3) is 5.42. The van der Waals surface area contributed by atoms with Gasteiger partial charge in [0, 0.05) is 18.7 Å². The molecule has 0 spiro atoms. The van der Waals surface area contributed by atoms with Gasteiger partial charge in [0.1, 0.15) is 0 Å². The van der Waals surface area contributed by atoms with E-state index in [1.54, 1.807) is 12.1 Å². The Morgan fingerprint density at radius 3 is 2.79 bits per heavy atom. The molecule has 0 unspecified atom stereocenters. The number of thioether (sulfide) groups is 1. The predicted octanol–water partition coefficient (Wildman–Crippen LogP) is 2.57. The lowest BCUT2D eigenvalue weighted by atomic mass is 10.1. The highest BCUT2D eigenvalue weighted by Crippen LogP contribution is 2.20. The molecule has 1 amide bonds. The van der Waals surface area contributed by atoms with Gasteiger partial charge in [0.2, 0.25) is 0 Å². The minimum absolute atomic E-state index is 0.0827. The first-order valence-corrected chi connectivity index (χ1v) is 7.99. The Kier molecular flexibility index (Phi) is 7.18. The number of unbranched alkanes of at least 4 members (excludes halogenated alkanes) is 1. The summed E-state index contributed by atoms with van der Waals surface area (Å²) in [5.41, 5.74) is 8.07. The molecule has 0 aliphatic rings. The predicted molar refractivity (Wildman–Crippen MR) is 85.0 cm³/mol. The van der Waals surface area contributed by atoms with Crippen LogP contribution in [-0.2, 0) is 0 Å². The van der Waals surface area contributed by atoms with Crippen LogP contribution in [0.1, 0.15) is 30.1 Å². The molecule has 1 rings (SSSR count). The fourth-order valence-electron chi connectivity index (χ4n) is 1.72. The van der Waals surface area contributed by atoms with E-state index in [2.05, 4.69) is 16.9 Å². The Morgan fingerprint density at radius 1 is 1.37 bits per heavy atom. The summed E-state index contributed by atoms with van der Waals surface area (Å²) in [6.45, 7) is 3.42. The van der Waals surface area contributed by atoms with Crippen LogP contribution in [0.4, 0.5) is 11.4 Å². The fraction of sp³-hybridized carbons (Fsp3) is 0.500. The molecular weight excluding hydrogens is 258 g/mol. The largest absolute Gasteiger partial charge is 0.397 e. The van der Waals surface area contributed by atoms with Crippen molar-refractivity contribution in [1.29, 1.82) is 0 Å². The summed E-state index contributed by atoms with van der Waals surface area (Å²) in [7, 11) is 0. The van der Waals surface area contributed by atoms with E-state index < -0.39 is 0 Å². The van der Waals surface area contributed by atoms with E-state index in [0.717, 1.165) is 18.7 Å². The van der Waals surface area contributed by atoms with Gasteiger partial charge < -0.3 is 16.4 Å². The highest BCUT2D eigenvalue weighted by Gasteiger charge is 2.06. The molecule has 19 heavy (non-hydrogen) atoms. The first kappa shape index (κ1) is 15.7. The topological polar surface area (TPSA) is 67.2 Å². The van der Waals surface area contributed by atoms with Crippen molar-refractivity contribution in [3.8, 4) is 0 Å². The van der Waals surface area contributed by atoms with Crippen LogP contribution >= 0.6 is 11.8 Å². The Hall–Kier alpha value is -1.36. The van der Waals surface area contributed by atoms with Crippen LogP contribution in [0.3, 0.4) is 0 Å². The first-order valence-electron chi connectivity index (χ1n) is 6.59. The van der Waals surface area contributed by atoms with Crippen molar-refractivity contribution in [3.05, 3.63) is 23.8 Å². The third-order valence-electron chi connectivity index (χ3n) is 2.74. The molecule has 0 aromatic heterocycles. The zero-order valence-corrected chi connectivity index (χ0v) is 12.5. The third-order valence-corrected chi connectivity index (χ3v) is 3.44. The second kappa shape index (κ2) is 8.69. The van der Waals surface area contributed by atoms with E-state index in [-0.39, 0.29) is 5.91 Å². The van der Waals surface area contributed by atoms with Gasteiger partial charge in [-0.3, -0.25) is 4.79 Å². The summed E-state index contributed by atoms with van der Waals surface area (Å²) in [6, 6.07) is 5.38. The monoisotopic (exact) mass is 281 g/mol. The lowest BCUT2D eigenvalue weighted by molar-refractivity contribution is 0.0956. The number of carbonyl (C=O) groups is 1. The molecule has 4 N–H and O–H groups in total. The van der Waals surface area contributed by atoms with E-state index in [1.165, 1.54) is 12.2 Å². The van der Waals surface area contributed by atoms with E-state index >= 15 is 0 Å². The maximum absolute atomic E-state index is 11.7. The first-order chi connectivity index (χ1) is 9.19. The molecule has 1 aromatic rings. The second-order valence-electron chi connectivity index (χ2n) is 4.29. The van der Waals surface area contributed by atoms with Crippen LogP contribution in [0.15, 0.2) is 18.2 Å². The van der Waals surface area contributed by atoms with Crippen LogP contribution in [0.5, 0.6) is 0 Å². The minimum atomic E-state index is -0.0827. The molecule has 1 aromatic carbocycles. The minimum Gasteiger partial charge on any atom is -0.397 e. The molecule has 5 heteroatoms. The zero-order valence-electron chi connectivity index (χ0n) is 11.7. The maximum Gasteiger partial charge on any atom is 0.251 e. The lowest BCUT2D eigenvalue weighted by Crippen LogP contribution is -2.22. The molecular formula is C14H23N3OS. The lowest BCUT2D eigenvalue weighted by Gasteiger charge is -2.10. The van der Waals surface area contributed by atoms with Crippen LogP contribution in [0, 0.1) is 0 Å². The van der Waals surface area contributed by atoms with Crippen molar-refractivity contribution in [1.82, 2.24) is 5.32 Å². The van der Waals surface area contributed by atoms with E-state index in [1.807, 2.05) is 24.8 Å². The number of nitrogens with one attached hydrogen (secondary N) is 2. The van der Waals surface area contributed by atoms with E-state index in [0.29, 0.717) is 17.8 Å². The van der Waals surface area contributed by atoms with Crippen molar-refractivity contribution < 1.29 is 4.79 Å². The van der Waals surface area contributed by atoms with Gasteiger partial charge in [0.05, 0.1) is 11.4 Å². The Bertz CT molecular complexity index is 410. The number of hydrogen-bond acceptors (Lipinski definition) is 4. The van der Waals surface area contributed by atoms with Gasteiger partial charge in [-0.25, -0.2) is 0 Å². The average Bonchev–Trinajstić information content (AvgIpc) is 2.40. The number of nitrogen functional groups attached to an aromatic ring is 1. The SMILES string of the molecule is CCNC(=O)c1ccc(NCCCCSC)c(N)c1. The van der Waals surface area contributed by atoms with Gasteiger partial charge >= 0.3 is 0 Å². The Balaban J connectivity index is 2.50. The Morgan fingerprint density at radius 2 is 2.16 bits per heavy atom. The average molecular weight is 281 g/mol. The summed E-state index contributed by atoms with van der Waals surface area (Å²) in [6.07, 6.45) is 4.44. The number of rotatable bonds is 8. The van der Waals surface area contributed by atoms with Gasteiger partial charge in [0.25, 0.3) is 5.91 Å². The number of benzene rings is 1. The molecule has 0 saturated heterocycles. The van der Waals surface area contributed by atoms with Crippen molar-refractivity contribution in [2.24, 2.45) is 0 Å². The second-order valence-corrected chi connectivity index (χ2v) is 5.27. The molecule has 0 atom stereocenters. The summed E-state index contributed by atoms with van der Waals surface area (Å²) in [5, 5.41) is 6.06. The van der Waals surface area contributed by atoms with E-state index in [9.17, 15) is 4.79 Å². The highest BCUT2D eigenvalue weighted by molar-refractivity contribution is 7.98. The summed E-state index contributed by atoms with van der Waals surface area (Å²) in [5.74, 6) is 1.11. The Labute approximate surface area is 119 Å². The molecule has 0 aliphatic carbocycles. The van der Waals surface area contributed by atoms with Crippen LogP contribution in [0.2, 0.25) is 0 Å². The summed E-state index contributed by atoms with van der Waals surface area (Å²) < 4.78 is 0. The van der Waals surface area contributed by atoms with Gasteiger partial charge in [-0.2, -0.15) is 11.8 Å². The maximum atomic E-state index is 11.7. The number of anilines is 2. The van der Waals surface area contributed by atoms with E-state index in [4.69, 9.17) is 5.73 Å². The van der Waals surface area contributed by atoms with Crippen molar-refractivity contribution >= 4 is 29.0 Å². The molecule has 0 fully saturated rings. The summed E-state index contributed by atoms with van der Waals surface area (Å²) in [4.78, 5) is 11.7. The number of hydrogen-bond donors (Lipinski definition) is 3. The molecule has 0 saturated carbocycles. The molecule has 106 valence electrons. The van der Waals surface area contributed by atoms with Crippen LogP contribution in [-0.4, -0.2) is 31.0 Å². The van der Waals surface area contributed by atoms with Crippen molar-refractivity contribution in [2.45, 2.75) is 19.8 Å². The smallest absolute Gasteiger partial charge is 0.251 e. The number of amides is 1. The summed E-state index contributed by atoms with van der Waals surface area (Å²) >= 11 is 1.86. The van der Waals surface area contributed by atoms with Gasteiger partial charge in [0.15, 0.2) is 0 Å². The number of nitrogens with two attached hydrogens (primary N) is 1. The van der Waals surface area contributed by atoms with Crippen LogP contribution in [0.25, 0.3) is 0 Å². The quantitative estimate of drug-likeness (QED) is 0.506. The van der Waals surface area contributed by atoms with Gasteiger partial charge in [-0.15, -0.1) is 0 Å². The molecule has 0 radical (unpaired) electrons. The van der Waals surface area contributed by atoms with Gasteiger partial charge in [-0.1, -0.05) is 0 Å². The van der Waals surface area contributed by atoms with Crippen LogP contribution < -0.4 is 16.4 Å². The van der Waals surface area contributed by atoms with Crippen molar-refractivity contribution in [3.63, 3.8) is 0 Å². The number of carbonyl (C=O) groups excluding carboxylic acids is 1. The van der Waals surface area contributed by atoms with Crippen molar-refractivity contribution in [2.75, 3.05) is 36.1 Å². The normalized spacial score (nSPS) is 10.2. The zero-order chi connectivity index (χ0) is 14.1. The fourth-order valence-corrected chi connectivity index (χ4v) is 2.21. The molecule has 0 heterocycles. The van der Waals surface area contributed by atoms with Gasteiger partial charge in [-0.05, 0) is 50.0 Å². The molecule has 0 bridgehead atoms. The highest BCUT2D eigenvalue weighted by atomic mass is 32.2. The molecule has 0 aliphatic heterocycles. The molecule has 4 nitrogen and oxygen atoms in total.